The molecule has 1 saturated heterocycles. The van der Waals surface area contributed by atoms with Crippen LogP contribution in [0.4, 0.5) is 5.69 Å². The number of ether oxygens (including phenoxy) is 3. The number of nitrogens with zero attached hydrogens (tertiary/aromatic N) is 2. The van der Waals surface area contributed by atoms with Crippen LogP contribution in [0.25, 0.3) is 11.1 Å². The fourth-order valence-electron chi connectivity index (χ4n) is 5.97. The summed E-state index contributed by atoms with van der Waals surface area (Å²) < 4.78 is 42.4. The number of aryl methyl sites for hydroxylation is 1. The minimum absolute atomic E-state index is 0.190. The number of amides is 2. The predicted octanol–water partition coefficient (Wildman–Crippen LogP) is 2.50. The van der Waals surface area contributed by atoms with Crippen LogP contribution in [-0.2, 0) is 26.0 Å². The molecule has 2 aliphatic rings. The van der Waals surface area contributed by atoms with Crippen molar-refractivity contribution in [1.82, 2.24) is 14.5 Å². The Labute approximate surface area is 268 Å². The lowest BCUT2D eigenvalue weighted by Crippen LogP contribution is -2.54. The number of rotatable bonds is 11. The van der Waals surface area contributed by atoms with E-state index in [0.717, 1.165) is 17.4 Å². The Morgan fingerprint density at radius 2 is 1.73 bits per heavy atom. The molecule has 246 valence electrons. The third-order valence-corrected chi connectivity index (χ3v) is 10.1. The first-order valence-electron chi connectivity index (χ1n) is 14.7. The smallest absolute Gasteiger partial charge is 0.245 e. The summed E-state index contributed by atoms with van der Waals surface area (Å²) in [5.74, 6) is 1.62. The molecule has 2 N–H and O–H groups in total. The maximum absolute atomic E-state index is 13.8. The van der Waals surface area contributed by atoms with E-state index in [0.29, 0.717) is 53.4 Å². The number of thioether (sulfide) groups is 1. The van der Waals surface area contributed by atoms with Crippen molar-refractivity contribution in [3.63, 3.8) is 0 Å². The number of benzene rings is 1. The molecule has 0 radical (unpaired) electrons. The van der Waals surface area contributed by atoms with Crippen LogP contribution in [0.5, 0.6) is 17.2 Å². The first-order valence-corrected chi connectivity index (χ1v) is 17.9. The van der Waals surface area contributed by atoms with Gasteiger partial charge in [-0.2, -0.15) is 16.1 Å². The van der Waals surface area contributed by atoms with Crippen LogP contribution in [0.3, 0.4) is 0 Å². The summed E-state index contributed by atoms with van der Waals surface area (Å²) in [5.41, 5.74) is 2.86. The van der Waals surface area contributed by atoms with Crippen molar-refractivity contribution in [2.45, 2.75) is 38.3 Å². The van der Waals surface area contributed by atoms with E-state index in [1.165, 1.54) is 24.4 Å². The molecule has 0 spiro atoms. The van der Waals surface area contributed by atoms with Gasteiger partial charge in [0.1, 0.15) is 6.04 Å². The van der Waals surface area contributed by atoms with Gasteiger partial charge in [0.05, 0.1) is 39.3 Å². The van der Waals surface area contributed by atoms with Crippen molar-refractivity contribution < 1.29 is 32.2 Å². The van der Waals surface area contributed by atoms with Crippen molar-refractivity contribution in [1.29, 1.82) is 0 Å². The summed E-state index contributed by atoms with van der Waals surface area (Å²) >= 11 is 1.59. The number of fused-ring (bicyclic) bond motifs is 3. The SMILES string of the molecule is COc1cc2c(c(OC)c1OC)-c1ccc(N[C@H](CCSC)C(=O)N3CCN(S(C)(=O)=O)CC3)c(=O)cc1[C@H](NC(C)=O)CC2. The number of carbonyl (C=O) groups is 2. The van der Waals surface area contributed by atoms with Crippen molar-refractivity contribution in [2.24, 2.45) is 0 Å². The van der Waals surface area contributed by atoms with Gasteiger partial charge in [-0.15, -0.1) is 0 Å². The van der Waals surface area contributed by atoms with Crippen LogP contribution in [0.1, 0.15) is 36.9 Å². The lowest BCUT2D eigenvalue weighted by atomic mass is 9.95. The molecule has 1 heterocycles. The van der Waals surface area contributed by atoms with Crippen LogP contribution in [0.15, 0.2) is 29.1 Å². The molecule has 0 bridgehead atoms. The first kappa shape index (κ1) is 34.4. The minimum Gasteiger partial charge on any atom is -0.493 e. The molecular formula is C31H42N4O8S2. The Hall–Kier alpha value is -3.49. The summed E-state index contributed by atoms with van der Waals surface area (Å²) in [4.78, 5) is 41.4. The third-order valence-electron chi connectivity index (χ3n) is 8.17. The second-order valence-electron chi connectivity index (χ2n) is 11.1. The normalized spacial score (nSPS) is 17.3. The van der Waals surface area contributed by atoms with E-state index in [-0.39, 0.29) is 49.1 Å². The van der Waals surface area contributed by atoms with Gasteiger partial charge in [-0.05, 0) is 66.2 Å². The lowest BCUT2D eigenvalue weighted by molar-refractivity contribution is -0.133. The van der Waals surface area contributed by atoms with Crippen LogP contribution < -0.4 is 30.3 Å². The van der Waals surface area contributed by atoms with E-state index >= 15 is 0 Å². The van der Waals surface area contributed by atoms with Gasteiger partial charge in [-0.25, -0.2) is 8.42 Å². The molecule has 4 rings (SSSR count). The monoisotopic (exact) mass is 662 g/mol. The molecule has 2 atom stereocenters. The second-order valence-corrected chi connectivity index (χ2v) is 14.0. The first-order chi connectivity index (χ1) is 21.4. The standard InChI is InChI=1S/C31H42N4O8S2/c1-19(36)32-23-9-7-20-17-27(41-2)29(42-3)30(43-4)28(20)21-8-10-24(26(37)18-22(21)23)33-25(11-16-44-5)31(38)34-12-14-35(15-13-34)45(6,39)40/h8,10,17-18,23,25H,7,9,11-16H2,1-6H3,(H,32,36)(H,33,37)/t23-,25-/m1/s1. The van der Waals surface area contributed by atoms with E-state index < -0.39 is 22.1 Å². The van der Waals surface area contributed by atoms with Crippen LogP contribution in [0, 0.1) is 0 Å². The number of methoxy groups -OCH3 is 3. The summed E-state index contributed by atoms with van der Waals surface area (Å²) in [5, 5.41) is 6.22. The lowest BCUT2D eigenvalue weighted by Gasteiger charge is -2.35. The Balaban J connectivity index is 1.79. The molecule has 2 amide bonds. The minimum atomic E-state index is -3.34. The fourth-order valence-corrected chi connectivity index (χ4v) is 7.27. The summed E-state index contributed by atoms with van der Waals surface area (Å²) in [6.45, 7) is 2.42. The molecule has 2 aromatic carbocycles. The molecule has 0 aromatic heterocycles. The average Bonchev–Trinajstić information content (AvgIpc) is 3.25. The molecule has 1 aliphatic carbocycles. The third kappa shape index (κ3) is 7.67. The van der Waals surface area contributed by atoms with E-state index in [1.807, 2.05) is 18.4 Å². The van der Waals surface area contributed by atoms with Crippen molar-refractivity contribution in [3.8, 4) is 28.4 Å². The highest BCUT2D eigenvalue weighted by Crippen LogP contribution is 2.50. The maximum Gasteiger partial charge on any atom is 0.245 e. The Bertz CT molecular complexity index is 1590. The van der Waals surface area contributed by atoms with Gasteiger partial charge < -0.3 is 29.7 Å². The number of anilines is 1. The number of carbonyl (C=O) groups excluding carboxylic acids is 2. The zero-order chi connectivity index (χ0) is 32.9. The van der Waals surface area contributed by atoms with E-state index in [1.54, 1.807) is 36.9 Å². The maximum atomic E-state index is 13.8. The van der Waals surface area contributed by atoms with Crippen LogP contribution in [0.2, 0.25) is 0 Å². The van der Waals surface area contributed by atoms with Crippen molar-refractivity contribution in [3.05, 3.63) is 45.6 Å². The summed E-state index contributed by atoms with van der Waals surface area (Å²) in [6, 6.07) is 5.73. The zero-order valence-electron chi connectivity index (χ0n) is 26.6. The molecule has 1 aliphatic heterocycles. The van der Waals surface area contributed by atoms with Gasteiger partial charge in [0.15, 0.2) is 11.5 Å². The van der Waals surface area contributed by atoms with Gasteiger partial charge in [0.2, 0.25) is 33.0 Å². The Morgan fingerprint density at radius 1 is 1.04 bits per heavy atom. The molecule has 0 saturated carbocycles. The second kappa shape index (κ2) is 14.7. The van der Waals surface area contributed by atoms with Gasteiger partial charge >= 0.3 is 0 Å². The zero-order valence-corrected chi connectivity index (χ0v) is 28.2. The molecule has 45 heavy (non-hydrogen) atoms. The highest BCUT2D eigenvalue weighted by atomic mass is 32.2. The molecular weight excluding hydrogens is 620 g/mol. The van der Waals surface area contributed by atoms with Gasteiger partial charge in [0.25, 0.3) is 0 Å². The molecule has 0 unspecified atom stereocenters. The molecule has 2 aromatic rings. The number of sulfonamides is 1. The largest absolute Gasteiger partial charge is 0.493 e. The average molecular weight is 663 g/mol. The predicted molar refractivity (Wildman–Crippen MR) is 176 cm³/mol. The number of hydrogen-bond acceptors (Lipinski definition) is 10. The molecule has 1 fully saturated rings. The Morgan fingerprint density at radius 3 is 2.31 bits per heavy atom. The van der Waals surface area contributed by atoms with E-state index in [4.69, 9.17) is 14.2 Å². The summed E-state index contributed by atoms with van der Waals surface area (Å²) in [6.07, 6.45) is 4.68. The van der Waals surface area contributed by atoms with E-state index in [2.05, 4.69) is 10.6 Å². The van der Waals surface area contributed by atoms with Crippen molar-refractivity contribution in [2.75, 3.05) is 71.1 Å². The van der Waals surface area contributed by atoms with Gasteiger partial charge in [-0.3, -0.25) is 14.4 Å². The topological polar surface area (TPSA) is 144 Å². The highest BCUT2D eigenvalue weighted by Gasteiger charge is 2.32. The van der Waals surface area contributed by atoms with Crippen LogP contribution in [-0.4, -0.2) is 101 Å². The quantitative estimate of drug-likeness (QED) is 0.369. The Kier molecular flexibility index (Phi) is 11.3. The fraction of sp³-hybridized carbons (Fsp3) is 0.516. The van der Waals surface area contributed by atoms with Crippen LogP contribution >= 0.6 is 11.8 Å². The van der Waals surface area contributed by atoms with Gasteiger partial charge in [-0.1, -0.05) is 6.07 Å². The number of hydrogen-bond donors (Lipinski definition) is 2. The van der Waals surface area contributed by atoms with Crippen molar-refractivity contribution >= 4 is 39.3 Å². The van der Waals surface area contributed by atoms with E-state index in [9.17, 15) is 22.8 Å². The number of nitrogens with one attached hydrogen (secondary N) is 2. The number of piperazine rings is 1. The molecule has 12 nitrogen and oxygen atoms in total. The van der Waals surface area contributed by atoms with Gasteiger partial charge in [0, 0.05) is 38.7 Å². The summed E-state index contributed by atoms with van der Waals surface area (Å²) in [7, 11) is 1.28. The highest BCUT2D eigenvalue weighted by molar-refractivity contribution is 7.98. The molecule has 14 heteroatoms.